The van der Waals surface area contributed by atoms with Crippen molar-refractivity contribution in [3.05, 3.63) is 74.3 Å². The second-order valence-electron chi connectivity index (χ2n) is 8.63. The van der Waals surface area contributed by atoms with Crippen LogP contribution in [0.15, 0.2) is 62.9 Å². The van der Waals surface area contributed by atoms with E-state index in [4.69, 9.17) is 27.6 Å². The van der Waals surface area contributed by atoms with E-state index in [1.54, 1.807) is 31.2 Å². The maximum atomic E-state index is 13.4. The van der Waals surface area contributed by atoms with Gasteiger partial charge < -0.3 is 20.4 Å². The highest BCUT2D eigenvalue weighted by Crippen LogP contribution is 2.41. The lowest BCUT2D eigenvalue weighted by atomic mass is 9.85. The number of halogens is 2. The lowest BCUT2D eigenvalue weighted by Gasteiger charge is -2.28. The lowest BCUT2D eigenvalue weighted by Crippen LogP contribution is -2.41. The van der Waals surface area contributed by atoms with Crippen LogP contribution in [0.1, 0.15) is 39.4 Å². The van der Waals surface area contributed by atoms with Crippen molar-refractivity contribution in [2.24, 2.45) is 0 Å². The van der Waals surface area contributed by atoms with E-state index in [0.29, 0.717) is 32.8 Å². The minimum Gasteiger partial charge on any atom is -0.468 e. The number of nitrogens with one attached hydrogen (secondary N) is 3. The summed E-state index contributed by atoms with van der Waals surface area (Å²) in [6.07, 6.45) is 1.48. The predicted octanol–water partition coefficient (Wildman–Crippen LogP) is 5.57. The van der Waals surface area contributed by atoms with E-state index in [0.717, 1.165) is 0 Å². The standard InChI is InChI=1S/C24H24Cl2N4O3S/c1-13-20(22(32)29-17-8-7-14(25)10-16(17)26)21(18-6-5-9-33-18)15(11-27)23(28-13)34-12-19(31)30-24(2,3)4/h5-10,21,28H,12H2,1-4H3,(H,29,32)(H,30,31). The van der Waals surface area contributed by atoms with Crippen LogP contribution in [0.4, 0.5) is 5.69 Å². The average Bonchev–Trinajstić information content (AvgIpc) is 3.27. The van der Waals surface area contributed by atoms with Crippen LogP contribution in [0.5, 0.6) is 0 Å². The molecule has 0 bridgehead atoms. The molecule has 1 unspecified atom stereocenters. The summed E-state index contributed by atoms with van der Waals surface area (Å²) in [6.45, 7) is 7.42. The molecule has 7 nitrogen and oxygen atoms in total. The number of hydrogen-bond donors (Lipinski definition) is 3. The average molecular weight is 519 g/mol. The molecule has 1 aliphatic heterocycles. The Morgan fingerprint density at radius 3 is 2.59 bits per heavy atom. The first-order chi connectivity index (χ1) is 16.0. The third-order valence-electron chi connectivity index (χ3n) is 4.76. The summed E-state index contributed by atoms with van der Waals surface area (Å²) in [5, 5.41) is 20.1. The number of dihydropyridines is 1. The summed E-state index contributed by atoms with van der Waals surface area (Å²) in [5.74, 6) is -0.841. The number of thioether (sulfide) groups is 1. The first-order valence-corrected chi connectivity index (χ1v) is 12.1. The van der Waals surface area contributed by atoms with Gasteiger partial charge in [-0.05, 0) is 58.0 Å². The number of hydrogen-bond acceptors (Lipinski definition) is 6. The molecule has 2 aromatic rings. The Labute approximate surface area is 212 Å². The van der Waals surface area contributed by atoms with Gasteiger partial charge in [0.15, 0.2) is 0 Å². The summed E-state index contributed by atoms with van der Waals surface area (Å²) in [4.78, 5) is 25.7. The van der Waals surface area contributed by atoms with Crippen molar-refractivity contribution < 1.29 is 14.0 Å². The summed E-state index contributed by atoms with van der Waals surface area (Å²) in [7, 11) is 0. The molecule has 0 spiro atoms. The first kappa shape index (κ1) is 25.8. The summed E-state index contributed by atoms with van der Waals surface area (Å²) in [5.41, 5.74) is 1.13. The Morgan fingerprint density at radius 2 is 2.00 bits per heavy atom. The van der Waals surface area contributed by atoms with Crippen LogP contribution in [0.25, 0.3) is 0 Å². The maximum absolute atomic E-state index is 13.4. The number of carbonyl (C=O) groups excluding carboxylic acids is 2. The Hall–Kier alpha value is -2.86. The molecule has 34 heavy (non-hydrogen) atoms. The van der Waals surface area contributed by atoms with Gasteiger partial charge in [0.25, 0.3) is 5.91 Å². The van der Waals surface area contributed by atoms with E-state index in [2.05, 4.69) is 22.0 Å². The second-order valence-corrected chi connectivity index (χ2v) is 10.5. The molecule has 0 fully saturated rings. The van der Waals surface area contributed by atoms with Crippen molar-refractivity contribution >= 4 is 52.5 Å². The van der Waals surface area contributed by atoms with Gasteiger partial charge in [0.05, 0.1) is 50.9 Å². The molecule has 0 radical (unpaired) electrons. The molecule has 0 saturated carbocycles. The van der Waals surface area contributed by atoms with Crippen molar-refractivity contribution in [2.75, 3.05) is 11.1 Å². The normalized spacial score (nSPS) is 16.1. The van der Waals surface area contributed by atoms with E-state index < -0.39 is 11.8 Å². The smallest absolute Gasteiger partial charge is 0.254 e. The molecule has 0 aliphatic carbocycles. The minimum absolute atomic E-state index is 0.102. The quantitative estimate of drug-likeness (QED) is 0.461. The summed E-state index contributed by atoms with van der Waals surface area (Å²) >= 11 is 13.4. The van der Waals surface area contributed by atoms with Crippen molar-refractivity contribution in [1.82, 2.24) is 10.6 Å². The third kappa shape index (κ3) is 6.17. The van der Waals surface area contributed by atoms with Crippen LogP contribution in [-0.4, -0.2) is 23.1 Å². The van der Waals surface area contributed by atoms with Crippen molar-refractivity contribution in [2.45, 2.75) is 39.2 Å². The Balaban J connectivity index is 1.93. The van der Waals surface area contributed by atoms with E-state index in [-0.39, 0.29) is 27.8 Å². The fraction of sp³-hybridized carbons (Fsp3) is 0.292. The van der Waals surface area contributed by atoms with E-state index in [9.17, 15) is 14.9 Å². The Bertz CT molecular complexity index is 1210. The van der Waals surface area contributed by atoms with Gasteiger partial charge in [-0.25, -0.2) is 0 Å². The fourth-order valence-electron chi connectivity index (χ4n) is 3.44. The van der Waals surface area contributed by atoms with Gasteiger partial charge in [-0.3, -0.25) is 9.59 Å². The van der Waals surface area contributed by atoms with Crippen LogP contribution < -0.4 is 16.0 Å². The van der Waals surface area contributed by atoms with Crippen LogP contribution in [-0.2, 0) is 9.59 Å². The van der Waals surface area contributed by atoms with Crippen molar-refractivity contribution in [1.29, 1.82) is 5.26 Å². The molecule has 1 aliphatic rings. The van der Waals surface area contributed by atoms with E-state index in [1.165, 1.54) is 24.1 Å². The predicted molar refractivity (Wildman–Crippen MR) is 135 cm³/mol. The molecular formula is C24H24Cl2N4O3S. The van der Waals surface area contributed by atoms with Gasteiger partial charge in [-0.15, -0.1) is 0 Å². The summed E-state index contributed by atoms with van der Waals surface area (Å²) in [6, 6.07) is 10.3. The molecule has 2 amide bonds. The number of anilines is 1. The van der Waals surface area contributed by atoms with Gasteiger partial charge in [-0.1, -0.05) is 35.0 Å². The zero-order valence-corrected chi connectivity index (χ0v) is 21.4. The van der Waals surface area contributed by atoms with Crippen LogP contribution >= 0.6 is 35.0 Å². The number of rotatable bonds is 6. The Kier molecular flexibility index (Phi) is 8.03. The van der Waals surface area contributed by atoms with E-state index >= 15 is 0 Å². The largest absolute Gasteiger partial charge is 0.468 e. The SMILES string of the molecule is CC1=C(C(=O)Nc2ccc(Cl)cc2Cl)C(c2ccco2)C(C#N)=C(SCC(=O)NC(C)(C)C)N1. The highest BCUT2D eigenvalue weighted by Gasteiger charge is 2.36. The van der Waals surface area contributed by atoms with Crippen molar-refractivity contribution in [3.8, 4) is 6.07 Å². The van der Waals surface area contributed by atoms with Crippen molar-refractivity contribution in [3.63, 3.8) is 0 Å². The topological polar surface area (TPSA) is 107 Å². The molecule has 1 aromatic carbocycles. The second kappa shape index (κ2) is 10.6. The van der Waals surface area contributed by atoms with Gasteiger partial charge in [0.2, 0.25) is 5.91 Å². The molecule has 2 heterocycles. The number of carbonyl (C=O) groups is 2. The highest BCUT2D eigenvalue weighted by atomic mass is 35.5. The maximum Gasteiger partial charge on any atom is 0.254 e. The monoisotopic (exact) mass is 518 g/mol. The van der Waals surface area contributed by atoms with Crippen LogP contribution in [0.2, 0.25) is 10.0 Å². The number of allylic oxidation sites excluding steroid dienone is 2. The fourth-order valence-corrected chi connectivity index (χ4v) is 4.79. The molecule has 0 saturated heterocycles. The molecule has 1 atom stereocenters. The van der Waals surface area contributed by atoms with Gasteiger partial charge in [0, 0.05) is 16.3 Å². The molecule has 10 heteroatoms. The molecule has 3 N–H and O–H groups in total. The zero-order valence-electron chi connectivity index (χ0n) is 19.1. The van der Waals surface area contributed by atoms with Crippen LogP contribution in [0.3, 0.4) is 0 Å². The summed E-state index contributed by atoms with van der Waals surface area (Å²) < 4.78 is 5.60. The number of amides is 2. The van der Waals surface area contributed by atoms with Crippen LogP contribution in [0, 0.1) is 11.3 Å². The Morgan fingerprint density at radius 1 is 1.26 bits per heavy atom. The highest BCUT2D eigenvalue weighted by molar-refractivity contribution is 8.03. The molecule has 1 aromatic heterocycles. The zero-order chi connectivity index (χ0) is 25.0. The van der Waals surface area contributed by atoms with Gasteiger partial charge in [-0.2, -0.15) is 5.26 Å². The molecular weight excluding hydrogens is 495 g/mol. The minimum atomic E-state index is -0.763. The molecule has 3 rings (SSSR count). The van der Waals surface area contributed by atoms with E-state index in [1.807, 2.05) is 20.8 Å². The third-order valence-corrected chi connectivity index (χ3v) is 6.33. The van der Waals surface area contributed by atoms with Gasteiger partial charge in [0.1, 0.15) is 5.76 Å². The molecule has 178 valence electrons. The number of furan rings is 1. The number of nitriles is 1. The lowest BCUT2D eigenvalue weighted by molar-refractivity contribution is -0.120. The first-order valence-electron chi connectivity index (χ1n) is 10.4. The van der Waals surface area contributed by atoms with Gasteiger partial charge >= 0.3 is 0 Å². The number of benzene rings is 1. The number of nitrogens with zero attached hydrogens (tertiary/aromatic N) is 1.